The monoisotopic (exact) mass is 368 g/mol. The molecule has 0 aliphatic carbocycles. The fraction of sp³-hybridized carbons (Fsp3) is 0.211. The molecule has 1 heterocycles. The number of rotatable bonds is 5. The zero-order valence-corrected chi connectivity index (χ0v) is 15.5. The number of urea groups is 1. The highest BCUT2D eigenvalue weighted by molar-refractivity contribution is 7.18. The van der Waals surface area contributed by atoms with Gasteiger partial charge in [0.25, 0.3) is 5.91 Å². The molecule has 3 rings (SSSR count). The van der Waals surface area contributed by atoms with Crippen LogP contribution in [0.1, 0.15) is 20.9 Å². The topological polar surface area (TPSA) is 74.3 Å². The molecule has 1 aromatic heterocycles. The molecule has 26 heavy (non-hydrogen) atoms. The Bertz CT molecular complexity index is 888. The van der Waals surface area contributed by atoms with E-state index in [2.05, 4.69) is 15.6 Å². The third kappa shape index (κ3) is 4.18. The van der Waals surface area contributed by atoms with Crippen LogP contribution in [0.15, 0.2) is 48.5 Å². The molecule has 0 saturated heterocycles. The van der Waals surface area contributed by atoms with E-state index >= 15 is 0 Å². The molecule has 3 aromatic rings. The number of carbonyl (C=O) groups is 2. The molecule has 0 aliphatic heterocycles. The van der Waals surface area contributed by atoms with Crippen molar-refractivity contribution in [1.82, 2.24) is 20.5 Å². The highest BCUT2D eigenvalue weighted by Crippen LogP contribution is 2.22. The van der Waals surface area contributed by atoms with Gasteiger partial charge in [0.2, 0.25) is 0 Å². The first-order chi connectivity index (χ1) is 12.6. The molecule has 3 amide bonds. The van der Waals surface area contributed by atoms with Crippen molar-refractivity contribution in [2.75, 3.05) is 14.1 Å². The molecule has 0 unspecified atom stereocenters. The van der Waals surface area contributed by atoms with Crippen molar-refractivity contribution in [2.45, 2.75) is 13.1 Å². The summed E-state index contributed by atoms with van der Waals surface area (Å²) in [5.74, 6) is -0.129. The van der Waals surface area contributed by atoms with E-state index in [-0.39, 0.29) is 11.9 Å². The van der Waals surface area contributed by atoms with Crippen LogP contribution in [0.5, 0.6) is 0 Å². The lowest BCUT2D eigenvalue weighted by molar-refractivity contribution is 0.0963. The van der Waals surface area contributed by atoms with Crippen molar-refractivity contribution in [3.8, 4) is 0 Å². The van der Waals surface area contributed by atoms with Crippen LogP contribution in [-0.2, 0) is 13.1 Å². The first kappa shape index (κ1) is 17.9. The molecule has 2 aromatic carbocycles. The van der Waals surface area contributed by atoms with Crippen LogP contribution < -0.4 is 10.6 Å². The summed E-state index contributed by atoms with van der Waals surface area (Å²) in [7, 11) is 3.34. The van der Waals surface area contributed by atoms with Crippen molar-refractivity contribution >= 4 is 33.5 Å². The fourth-order valence-electron chi connectivity index (χ4n) is 2.49. The molecule has 0 spiro atoms. The molecule has 2 N–H and O–H groups in total. The molecular weight excluding hydrogens is 348 g/mol. The second kappa shape index (κ2) is 7.97. The summed E-state index contributed by atoms with van der Waals surface area (Å²) >= 11 is 1.59. The maximum Gasteiger partial charge on any atom is 0.317 e. The van der Waals surface area contributed by atoms with Gasteiger partial charge in [-0.05, 0) is 29.8 Å². The summed E-state index contributed by atoms with van der Waals surface area (Å²) < 4.78 is 1.12. The number of fused-ring (bicyclic) bond motifs is 1. The lowest BCUT2D eigenvalue weighted by Crippen LogP contribution is -2.36. The molecule has 0 bridgehead atoms. The van der Waals surface area contributed by atoms with Crippen molar-refractivity contribution in [1.29, 1.82) is 0 Å². The Morgan fingerprint density at radius 3 is 2.54 bits per heavy atom. The van der Waals surface area contributed by atoms with E-state index in [0.29, 0.717) is 18.7 Å². The van der Waals surface area contributed by atoms with Crippen LogP contribution in [0.2, 0.25) is 0 Å². The Morgan fingerprint density at radius 1 is 1.12 bits per heavy atom. The third-order valence-electron chi connectivity index (χ3n) is 3.94. The van der Waals surface area contributed by atoms with E-state index in [9.17, 15) is 9.59 Å². The van der Waals surface area contributed by atoms with Crippen molar-refractivity contribution in [2.24, 2.45) is 0 Å². The van der Waals surface area contributed by atoms with E-state index < -0.39 is 0 Å². The second-order valence-electron chi connectivity index (χ2n) is 5.87. The molecule has 6 nitrogen and oxygen atoms in total. The van der Waals surface area contributed by atoms with Crippen molar-refractivity contribution in [3.05, 3.63) is 64.7 Å². The van der Waals surface area contributed by atoms with Crippen molar-refractivity contribution < 1.29 is 9.59 Å². The van der Waals surface area contributed by atoms with Crippen LogP contribution in [-0.4, -0.2) is 35.9 Å². The number of benzene rings is 2. The lowest BCUT2D eigenvalue weighted by Gasteiger charge is -2.16. The number of hydrogen-bond donors (Lipinski definition) is 2. The number of hydrogen-bond acceptors (Lipinski definition) is 4. The van der Waals surface area contributed by atoms with Gasteiger partial charge in [0.1, 0.15) is 5.01 Å². The minimum Gasteiger partial charge on any atom is -0.355 e. The summed E-state index contributed by atoms with van der Waals surface area (Å²) in [6.45, 7) is 0.859. The zero-order valence-electron chi connectivity index (χ0n) is 14.7. The van der Waals surface area contributed by atoms with E-state index in [0.717, 1.165) is 20.8 Å². The summed E-state index contributed by atoms with van der Waals surface area (Å²) in [4.78, 5) is 30.0. The summed E-state index contributed by atoms with van der Waals surface area (Å²) in [5.41, 5.74) is 2.48. The molecule has 0 radical (unpaired) electrons. The van der Waals surface area contributed by atoms with Gasteiger partial charge in [-0.15, -0.1) is 11.3 Å². The highest BCUT2D eigenvalue weighted by Gasteiger charge is 2.12. The number of nitrogens with one attached hydrogen (secondary N) is 2. The average Bonchev–Trinajstić information content (AvgIpc) is 3.08. The van der Waals surface area contributed by atoms with Gasteiger partial charge in [0.05, 0.1) is 16.8 Å². The van der Waals surface area contributed by atoms with Crippen LogP contribution in [0, 0.1) is 0 Å². The first-order valence-electron chi connectivity index (χ1n) is 8.21. The van der Waals surface area contributed by atoms with Gasteiger partial charge in [-0.3, -0.25) is 4.79 Å². The molecular formula is C19H20N4O2S. The van der Waals surface area contributed by atoms with Crippen LogP contribution in [0.4, 0.5) is 4.79 Å². The van der Waals surface area contributed by atoms with Gasteiger partial charge in [0, 0.05) is 26.2 Å². The molecule has 7 heteroatoms. The second-order valence-corrected chi connectivity index (χ2v) is 6.98. The molecule has 0 fully saturated rings. The van der Waals surface area contributed by atoms with Gasteiger partial charge in [-0.1, -0.05) is 24.3 Å². The van der Waals surface area contributed by atoms with Gasteiger partial charge in [0.15, 0.2) is 0 Å². The van der Waals surface area contributed by atoms with Gasteiger partial charge < -0.3 is 15.5 Å². The maximum absolute atomic E-state index is 12.3. The number of aromatic nitrogens is 1. The summed E-state index contributed by atoms with van der Waals surface area (Å²) in [6, 6.07) is 14.9. The predicted molar refractivity (Wildman–Crippen MR) is 103 cm³/mol. The standard InChI is InChI=1S/C19H20N4O2S/c1-20-18(24)14-9-7-13(8-10-14)11-21-19(25)23(2)12-17-22-15-5-3-4-6-16(15)26-17/h3-10H,11-12H2,1-2H3,(H,20,24)(H,21,25). The lowest BCUT2D eigenvalue weighted by atomic mass is 10.1. The Labute approximate surface area is 155 Å². The first-order valence-corrected chi connectivity index (χ1v) is 9.03. The maximum atomic E-state index is 12.3. The average molecular weight is 368 g/mol. The van der Waals surface area contributed by atoms with E-state index in [1.165, 1.54) is 0 Å². The number of carbonyl (C=O) groups excluding carboxylic acids is 2. The van der Waals surface area contributed by atoms with Gasteiger partial charge in [-0.25, -0.2) is 9.78 Å². The van der Waals surface area contributed by atoms with Crippen LogP contribution in [0.3, 0.4) is 0 Å². The summed E-state index contributed by atoms with van der Waals surface area (Å²) in [5, 5.41) is 6.36. The van der Waals surface area contributed by atoms with Gasteiger partial charge in [-0.2, -0.15) is 0 Å². The number of thiazole rings is 1. The summed E-state index contributed by atoms with van der Waals surface area (Å²) in [6.07, 6.45) is 0. The normalized spacial score (nSPS) is 10.5. The van der Waals surface area contributed by atoms with Crippen molar-refractivity contribution in [3.63, 3.8) is 0 Å². The minimum atomic E-state index is -0.167. The Hall–Kier alpha value is -2.93. The molecule has 0 aliphatic rings. The number of amides is 3. The van der Waals surface area contributed by atoms with E-state index in [1.807, 2.05) is 36.4 Å². The predicted octanol–water partition coefficient (Wildman–Crippen LogP) is 3.00. The Morgan fingerprint density at radius 2 is 1.85 bits per heavy atom. The Kier molecular flexibility index (Phi) is 5.48. The molecule has 134 valence electrons. The van der Waals surface area contributed by atoms with E-state index in [4.69, 9.17) is 0 Å². The quantitative estimate of drug-likeness (QED) is 0.727. The van der Waals surface area contributed by atoms with Crippen LogP contribution >= 0.6 is 11.3 Å². The minimum absolute atomic E-state index is 0.129. The fourth-order valence-corrected chi connectivity index (χ4v) is 3.51. The molecule has 0 saturated carbocycles. The zero-order chi connectivity index (χ0) is 18.5. The Balaban J connectivity index is 1.54. The third-order valence-corrected chi connectivity index (χ3v) is 4.97. The van der Waals surface area contributed by atoms with Gasteiger partial charge >= 0.3 is 6.03 Å². The number of nitrogens with zero attached hydrogens (tertiary/aromatic N) is 2. The number of para-hydroxylation sites is 1. The molecule has 0 atom stereocenters. The van der Waals surface area contributed by atoms with E-state index in [1.54, 1.807) is 42.5 Å². The van der Waals surface area contributed by atoms with Crippen LogP contribution in [0.25, 0.3) is 10.2 Å². The highest BCUT2D eigenvalue weighted by atomic mass is 32.1. The largest absolute Gasteiger partial charge is 0.355 e. The smallest absolute Gasteiger partial charge is 0.317 e. The SMILES string of the molecule is CNC(=O)c1ccc(CNC(=O)N(C)Cc2nc3ccccc3s2)cc1.